The zero-order valence-electron chi connectivity index (χ0n) is 29.3. The molecule has 0 radical (unpaired) electrons. The van der Waals surface area contributed by atoms with Crippen molar-refractivity contribution >= 4 is 0 Å². The molecule has 8 aliphatic carbocycles. The van der Waals surface area contributed by atoms with Crippen molar-refractivity contribution in [2.45, 2.75) is 167 Å². The van der Waals surface area contributed by atoms with Gasteiger partial charge in [-0.3, -0.25) is 0 Å². The summed E-state index contributed by atoms with van der Waals surface area (Å²) in [5.41, 5.74) is 0.224. The van der Waals surface area contributed by atoms with Gasteiger partial charge in [-0.15, -0.1) is 0 Å². The number of rotatable bonds is 0. The molecule has 8 aliphatic rings. The molecule has 8 fully saturated rings. The second-order valence-electron chi connectivity index (χ2n) is 19.4. The molecule has 0 aromatic heterocycles. The normalized spacial score (nSPS) is 62.3. The maximum Gasteiger partial charge on any atom is 0.0855 e. The molecule has 264 valence electrons. The monoisotopic (exact) mass is 646 g/mol. The fourth-order valence-corrected chi connectivity index (χ4v) is 14.7. The van der Waals surface area contributed by atoms with E-state index in [0.717, 1.165) is 83.5 Å². The van der Waals surface area contributed by atoms with Crippen LogP contribution in [-0.4, -0.2) is 78.5 Å². The Morgan fingerprint density at radius 3 is 1.30 bits per heavy atom. The second kappa shape index (κ2) is 11.6. The van der Waals surface area contributed by atoms with Gasteiger partial charge in [0.05, 0.1) is 42.7 Å². The lowest BCUT2D eigenvalue weighted by atomic mass is 9.44. The molecule has 0 aromatic rings. The van der Waals surface area contributed by atoms with E-state index < -0.39 is 12.2 Å². The van der Waals surface area contributed by atoms with Gasteiger partial charge < -0.3 is 35.7 Å². The van der Waals surface area contributed by atoms with Gasteiger partial charge in [0, 0.05) is 0 Å². The Bertz CT molecular complexity index is 1050. The van der Waals surface area contributed by atoms with Crippen LogP contribution in [0.25, 0.3) is 0 Å². The lowest BCUT2D eigenvalue weighted by Crippen LogP contribution is -2.58. The van der Waals surface area contributed by atoms with Crippen LogP contribution in [0.1, 0.15) is 125 Å². The van der Waals surface area contributed by atoms with Gasteiger partial charge in [-0.1, -0.05) is 34.6 Å². The fourth-order valence-electron chi connectivity index (χ4n) is 14.7. The molecule has 0 aromatic carbocycles. The van der Waals surface area contributed by atoms with Gasteiger partial charge in [0.15, 0.2) is 0 Å². The summed E-state index contributed by atoms with van der Waals surface area (Å²) in [5, 5.41) is 73.6. The number of hydrogen-bond donors (Lipinski definition) is 7. The summed E-state index contributed by atoms with van der Waals surface area (Å²) < 4.78 is 0. The number of aliphatic hydroxyl groups excluding tert-OH is 7. The third-order valence-corrected chi connectivity index (χ3v) is 17.6. The molecule has 0 saturated heterocycles. The largest absolute Gasteiger partial charge is 0.393 e. The molecule has 46 heavy (non-hydrogen) atoms. The first kappa shape index (κ1) is 34.2. The molecule has 6 unspecified atom stereocenters. The first-order valence-electron chi connectivity index (χ1n) is 19.3. The van der Waals surface area contributed by atoms with Gasteiger partial charge in [0.25, 0.3) is 0 Å². The van der Waals surface area contributed by atoms with Crippen LogP contribution in [-0.2, 0) is 0 Å². The van der Waals surface area contributed by atoms with E-state index in [1.165, 1.54) is 0 Å². The molecule has 7 heteroatoms. The molecule has 7 nitrogen and oxygen atoms in total. The third-order valence-electron chi connectivity index (χ3n) is 17.6. The highest BCUT2D eigenvalue weighted by molar-refractivity contribution is 5.14. The highest BCUT2D eigenvalue weighted by atomic mass is 16.3. The topological polar surface area (TPSA) is 142 Å². The van der Waals surface area contributed by atoms with Crippen LogP contribution in [0.3, 0.4) is 0 Å². The van der Waals surface area contributed by atoms with Crippen molar-refractivity contribution in [3.05, 3.63) is 0 Å². The smallest absolute Gasteiger partial charge is 0.0855 e. The van der Waals surface area contributed by atoms with E-state index in [1.807, 2.05) is 0 Å². The van der Waals surface area contributed by atoms with Gasteiger partial charge >= 0.3 is 0 Å². The molecular weight excluding hydrogens is 580 g/mol. The average Bonchev–Trinajstić information content (AvgIpc) is 3.38. The maximum atomic E-state index is 11.0. The first-order valence-corrected chi connectivity index (χ1v) is 19.3. The predicted molar refractivity (Wildman–Crippen MR) is 176 cm³/mol. The van der Waals surface area contributed by atoms with E-state index in [2.05, 4.69) is 34.6 Å². The molecule has 0 aliphatic heterocycles. The molecular formula is C39H66O7. The van der Waals surface area contributed by atoms with Crippen LogP contribution in [0.4, 0.5) is 0 Å². The van der Waals surface area contributed by atoms with Crippen LogP contribution < -0.4 is 0 Å². The van der Waals surface area contributed by atoms with Crippen molar-refractivity contribution in [2.24, 2.45) is 74.9 Å². The number of fused-ring (bicyclic) bond motifs is 10. The van der Waals surface area contributed by atoms with E-state index in [-0.39, 0.29) is 64.0 Å². The van der Waals surface area contributed by atoms with Gasteiger partial charge in [0.2, 0.25) is 0 Å². The fraction of sp³-hybridized carbons (Fsp3) is 1.00. The Morgan fingerprint density at radius 2 is 0.826 bits per heavy atom. The summed E-state index contributed by atoms with van der Waals surface area (Å²) in [6.45, 7) is 11.4. The van der Waals surface area contributed by atoms with Crippen molar-refractivity contribution in [1.82, 2.24) is 0 Å². The molecule has 8 rings (SSSR count). The second-order valence-corrected chi connectivity index (χ2v) is 19.4. The average molecular weight is 647 g/mol. The van der Waals surface area contributed by atoms with Crippen LogP contribution in [0.15, 0.2) is 0 Å². The Hall–Kier alpha value is -0.280. The molecule has 0 spiro atoms. The van der Waals surface area contributed by atoms with Gasteiger partial charge in [-0.05, 0) is 165 Å². The Labute approximate surface area is 277 Å². The number of aliphatic hydroxyl groups is 7. The maximum absolute atomic E-state index is 11.0. The van der Waals surface area contributed by atoms with Crippen LogP contribution >= 0.6 is 0 Å². The quantitative estimate of drug-likeness (QED) is 0.203. The van der Waals surface area contributed by atoms with E-state index >= 15 is 0 Å². The molecule has 8 saturated carbocycles. The minimum atomic E-state index is -0.653. The Morgan fingerprint density at radius 1 is 0.413 bits per heavy atom. The summed E-state index contributed by atoms with van der Waals surface area (Å²) >= 11 is 0. The molecule has 0 amide bonds. The lowest BCUT2D eigenvalue weighted by molar-refractivity contribution is -0.177. The minimum Gasteiger partial charge on any atom is -0.393 e. The molecule has 0 bridgehead atoms. The zero-order chi connectivity index (χ0) is 33.1. The summed E-state index contributed by atoms with van der Waals surface area (Å²) in [5.74, 6) is 3.48. The highest BCUT2D eigenvalue weighted by Crippen LogP contribution is 2.68. The Kier molecular flexibility index (Phi) is 8.64. The lowest BCUT2D eigenvalue weighted by Gasteiger charge is -2.61. The van der Waals surface area contributed by atoms with Gasteiger partial charge in [-0.25, -0.2) is 0 Å². The summed E-state index contributed by atoms with van der Waals surface area (Å²) in [4.78, 5) is 0. The minimum absolute atomic E-state index is 0.00105. The van der Waals surface area contributed by atoms with Crippen molar-refractivity contribution in [3.63, 3.8) is 0 Å². The Balaban J connectivity index is 0.000000147. The molecule has 0 heterocycles. The van der Waals surface area contributed by atoms with Crippen LogP contribution in [0.5, 0.6) is 0 Å². The van der Waals surface area contributed by atoms with Crippen LogP contribution in [0, 0.1) is 74.9 Å². The van der Waals surface area contributed by atoms with Gasteiger partial charge in [-0.2, -0.15) is 0 Å². The van der Waals surface area contributed by atoms with Gasteiger partial charge in [0.1, 0.15) is 0 Å². The van der Waals surface area contributed by atoms with Crippen LogP contribution in [0.2, 0.25) is 0 Å². The van der Waals surface area contributed by atoms with E-state index in [1.54, 1.807) is 0 Å². The molecule has 7 N–H and O–H groups in total. The SMILES string of the molecule is C[C@@H]1CC2C3C(CC[C@]2(C)[C@H]1O)[C@@]1(C)CC[C@@H](O)C[C@@H]1C[C@H]3O.C[C@]12CCC3C(C1C[C@@H](O)[C@@H]2O)[C@@H](O)C[C@H]1C[C@H](O)CC[C@]31C. The van der Waals surface area contributed by atoms with Crippen molar-refractivity contribution in [2.75, 3.05) is 0 Å². The third kappa shape index (κ3) is 4.89. The zero-order valence-corrected chi connectivity index (χ0v) is 29.3. The predicted octanol–water partition coefficient (Wildman–Crippen LogP) is 4.66. The van der Waals surface area contributed by atoms with E-state index in [9.17, 15) is 35.7 Å². The van der Waals surface area contributed by atoms with Crippen molar-refractivity contribution in [1.29, 1.82) is 0 Å². The highest BCUT2D eigenvalue weighted by Gasteiger charge is 2.65. The van der Waals surface area contributed by atoms with E-state index in [0.29, 0.717) is 47.8 Å². The van der Waals surface area contributed by atoms with E-state index in [4.69, 9.17) is 0 Å². The summed E-state index contributed by atoms with van der Waals surface area (Å²) in [6.07, 6.45) is 10.7. The summed E-state index contributed by atoms with van der Waals surface area (Å²) in [6, 6.07) is 0. The summed E-state index contributed by atoms with van der Waals surface area (Å²) in [7, 11) is 0. The van der Waals surface area contributed by atoms with Crippen molar-refractivity contribution in [3.8, 4) is 0 Å². The number of hydrogen-bond acceptors (Lipinski definition) is 7. The van der Waals surface area contributed by atoms with Crippen molar-refractivity contribution < 1.29 is 35.7 Å². The molecule has 20 atom stereocenters. The standard InChI is InChI=1S/C20H34O3.C19H32O4/c1-11-8-15-17-14(5-7-20(15,3)18(11)23)19(2)6-4-13(21)9-12(19)10-16(17)22;1-18-5-3-11(20)7-10(18)8-14(21)16-12(18)4-6-19(2)13(16)9-15(22)17(19)23/h11-18,21-23H,4-10H2,1-3H3;10-17,20-23H,3-9H2,1-2H3/t11-,12-,13-,14?,15?,16-,17?,18+,19+,20+;10-,11-,12?,13?,14+,15-,16?,17+,18+,19+/m11/s1. The first-order chi connectivity index (χ1) is 21.5.